The van der Waals surface area contributed by atoms with Gasteiger partial charge in [0.05, 0.1) is 0 Å². The average Bonchev–Trinajstić information content (AvgIpc) is 2.78. The summed E-state index contributed by atoms with van der Waals surface area (Å²) in [7, 11) is 0. The molecular formula is C24H31N3O3. The van der Waals surface area contributed by atoms with Crippen molar-refractivity contribution in [1.29, 1.82) is 0 Å². The van der Waals surface area contributed by atoms with E-state index in [2.05, 4.69) is 15.5 Å². The van der Waals surface area contributed by atoms with Crippen LogP contribution in [0, 0.1) is 18.8 Å². The molecule has 1 heterocycles. The SMILES string of the molecule is Cc1ccc(NC(=O)C2CCC(CNc3c(N4CCCCC4)c(=O)c3=O)CC2)cc1. The Bertz CT molecular complexity index is 945. The fourth-order valence-corrected chi connectivity index (χ4v) is 4.72. The number of carbonyl (C=O) groups excluding carboxylic acids is 1. The van der Waals surface area contributed by atoms with E-state index < -0.39 is 0 Å². The van der Waals surface area contributed by atoms with Crippen molar-refractivity contribution in [2.75, 3.05) is 35.2 Å². The maximum atomic E-state index is 12.6. The fraction of sp³-hybridized carbons (Fsp3) is 0.542. The lowest BCUT2D eigenvalue weighted by atomic mass is 9.81. The molecule has 30 heavy (non-hydrogen) atoms. The molecule has 0 bridgehead atoms. The first-order chi connectivity index (χ1) is 14.5. The monoisotopic (exact) mass is 409 g/mol. The van der Waals surface area contributed by atoms with Crippen molar-refractivity contribution in [3.05, 3.63) is 50.3 Å². The highest BCUT2D eigenvalue weighted by Gasteiger charge is 2.29. The Labute approximate surface area is 177 Å². The van der Waals surface area contributed by atoms with Crippen LogP contribution in [-0.2, 0) is 4.79 Å². The first-order valence-corrected chi connectivity index (χ1v) is 11.2. The first kappa shape index (κ1) is 20.6. The number of piperidine rings is 1. The summed E-state index contributed by atoms with van der Waals surface area (Å²) in [6, 6.07) is 7.87. The van der Waals surface area contributed by atoms with Crippen molar-refractivity contribution < 1.29 is 4.79 Å². The van der Waals surface area contributed by atoms with Crippen molar-refractivity contribution in [2.45, 2.75) is 51.9 Å². The van der Waals surface area contributed by atoms with Crippen LogP contribution in [-0.4, -0.2) is 25.5 Å². The van der Waals surface area contributed by atoms with Crippen LogP contribution in [0.5, 0.6) is 0 Å². The van der Waals surface area contributed by atoms with Gasteiger partial charge in [0, 0.05) is 31.2 Å². The van der Waals surface area contributed by atoms with Gasteiger partial charge in [-0.1, -0.05) is 17.7 Å². The molecule has 160 valence electrons. The van der Waals surface area contributed by atoms with Gasteiger partial charge < -0.3 is 15.5 Å². The van der Waals surface area contributed by atoms with Crippen LogP contribution in [0.1, 0.15) is 50.5 Å². The Morgan fingerprint density at radius 2 is 1.63 bits per heavy atom. The maximum Gasteiger partial charge on any atom is 0.253 e. The zero-order valence-electron chi connectivity index (χ0n) is 17.7. The van der Waals surface area contributed by atoms with Gasteiger partial charge in [-0.25, -0.2) is 0 Å². The number of anilines is 3. The summed E-state index contributed by atoms with van der Waals surface area (Å²) in [5.74, 6) is 0.560. The standard InChI is InChI=1S/C24H31N3O3/c1-16-5-11-19(12-6-16)26-24(30)18-9-7-17(8-10-18)15-25-20-21(23(29)22(20)28)27-13-3-2-4-14-27/h5-6,11-12,17-18,25H,2-4,7-10,13-15H2,1H3,(H,26,30). The number of aryl methyl sites for hydroxylation is 1. The van der Waals surface area contributed by atoms with Crippen LogP contribution in [0.15, 0.2) is 33.9 Å². The third kappa shape index (κ3) is 4.42. The second kappa shape index (κ2) is 9.02. The Hall–Kier alpha value is -2.63. The van der Waals surface area contributed by atoms with Gasteiger partial charge in [0.15, 0.2) is 0 Å². The number of nitrogens with one attached hydrogen (secondary N) is 2. The van der Waals surface area contributed by atoms with Crippen molar-refractivity contribution in [3.8, 4) is 0 Å². The van der Waals surface area contributed by atoms with E-state index in [0.29, 0.717) is 23.8 Å². The van der Waals surface area contributed by atoms with Crippen LogP contribution in [0.4, 0.5) is 17.1 Å². The molecule has 1 amide bonds. The Morgan fingerprint density at radius 3 is 2.30 bits per heavy atom. The highest BCUT2D eigenvalue weighted by atomic mass is 16.2. The van der Waals surface area contributed by atoms with Crippen LogP contribution in [0.3, 0.4) is 0 Å². The van der Waals surface area contributed by atoms with Crippen molar-refractivity contribution in [2.24, 2.45) is 11.8 Å². The highest BCUT2D eigenvalue weighted by molar-refractivity contribution is 5.92. The minimum absolute atomic E-state index is 0.0394. The van der Waals surface area contributed by atoms with Crippen LogP contribution in [0.2, 0.25) is 0 Å². The van der Waals surface area contributed by atoms with Gasteiger partial charge in [0.25, 0.3) is 10.9 Å². The predicted octanol–water partition coefficient (Wildman–Crippen LogP) is 3.44. The summed E-state index contributed by atoms with van der Waals surface area (Å²) in [5, 5.41) is 6.30. The van der Waals surface area contributed by atoms with Gasteiger partial charge in [-0.2, -0.15) is 0 Å². The topological polar surface area (TPSA) is 78.5 Å². The Morgan fingerprint density at radius 1 is 0.967 bits per heavy atom. The number of nitrogens with zero attached hydrogens (tertiary/aromatic N) is 1. The molecule has 0 atom stereocenters. The molecule has 0 unspecified atom stereocenters. The van der Waals surface area contributed by atoms with Gasteiger partial charge in [-0.05, 0) is 69.9 Å². The highest BCUT2D eigenvalue weighted by Crippen LogP contribution is 2.31. The Kier molecular flexibility index (Phi) is 6.21. The fourth-order valence-electron chi connectivity index (χ4n) is 4.72. The van der Waals surface area contributed by atoms with Crippen molar-refractivity contribution >= 4 is 23.0 Å². The lowest BCUT2D eigenvalue weighted by Gasteiger charge is -2.32. The summed E-state index contributed by atoms with van der Waals surface area (Å²) in [6.07, 6.45) is 6.96. The van der Waals surface area contributed by atoms with Crippen molar-refractivity contribution in [3.63, 3.8) is 0 Å². The molecule has 6 nitrogen and oxygen atoms in total. The third-order valence-electron chi connectivity index (χ3n) is 6.66. The third-order valence-corrected chi connectivity index (χ3v) is 6.66. The molecule has 2 aliphatic rings. The molecule has 6 heteroatoms. The largest absolute Gasteiger partial charge is 0.380 e. The summed E-state index contributed by atoms with van der Waals surface area (Å²) < 4.78 is 0. The normalized spacial score (nSPS) is 22.1. The number of benzene rings is 1. The number of amides is 1. The zero-order chi connectivity index (χ0) is 21.1. The lowest BCUT2D eigenvalue weighted by molar-refractivity contribution is -0.121. The van der Waals surface area contributed by atoms with E-state index in [1.54, 1.807) is 0 Å². The van der Waals surface area contributed by atoms with E-state index in [1.807, 2.05) is 31.2 Å². The quantitative estimate of drug-likeness (QED) is 0.715. The number of carbonyl (C=O) groups is 1. The maximum absolute atomic E-state index is 12.6. The van der Waals surface area contributed by atoms with Crippen LogP contribution < -0.4 is 26.4 Å². The molecule has 1 saturated carbocycles. The summed E-state index contributed by atoms with van der Waals surface area (Å²) in [6.45, 7) is 4.44. The van der Waals surface area contributed by atoms with Gasteiger partial charge in [0.2, 0.25) is 5.91 Å². The first-order valence-electron chi connectivity index (χ1n) is 11.2. The molecule has 1 saturated heterocycles. The predicted molar refractivity (Wildman–Crippen MR) is 121 cm³/mol. The molecule has 2 aromatic rings. The molecule has 1 aliphatic heterocycles. The van der Waals surface area contributed by atoms with Gasteiger partial charge >= 0.3 is 0 Å². The smallest absolute Gasteiger partial charge is 0.253 e. The van der Waals surface area contributed by atoms with E-state index in [1.165, 1.54) is 12.0 Å². The molecular weight excluding hydrogens is 378 g/mol. The zero-order valence-corrected chi connectivity index (χ0v) is 17.7. The summed E-state index contributed by atoms with van der Waals surface area (Å²) in [5.41, 5.74) is 2.43. The Balaban J connectivity index is 1.26. The molecule has 0 radical (unpaired) electrons. The number of hydrogen-bond acceptors (Lipinski definition) is 5. The summed E-state index contributed by atoms with van der Waals surface area (Å²) >= 11 is 0. The lowest BCUT2D eigenvalue weighted by Crippen LogP contribution is -2.45. The van der Waals surface area contributed by atoms with E-state index in [4.69, 9.17) is 0 Å². The molecule has 0 spiro atoms. The summed E-state index contributed by atoms with van der Waals surface area (Å²) in [4.78, 5) is 38.8. The van der Waals surface area contributed by atoms with E-state index >= 15 is 0 Å². The second-order valence-electron chi connectivity index (χ2n) is 8.88. The van der Waals surface area contributed by atoms with E-state index in [9.17, 15) is 14.4 Å². The molecule has 2 aromatic carbocycles. The number of rotatable bonds is 6. The molecule has 1 aliphatic carbocycles. The van der Waals surface area contributed by atoms with Gasteiger partial charge in [-0.15, -0.1) is 0 Å². The molecule has 4 rings (SSSR count). The second-order valence-corrected chi connectivity index (χ2v) is 8.88. The van der Waals surface area contributed by atoms with E-state index in [-0.39, 0.29) is 22.7 Å². The average molecular weight is 410 g/mol. The van der Waals surface area contributed by atoms with Gasteiger partial charge in [0.1, 0.15) is 11.4 Å². The van der Waals surface area contributed by atoms with E-state index in [0.717, 1.165) is 57.3 Å². The van der Waals surface area contributed by atoms with Crippen LogP contribution in [0.25, 0.3) is 0 Å². The molecule has 2 fully saturated rings. The van der Waals surface area contributed by atoms with Gasteiger partial charge in [-0.3, -0.25) is 14.4 Å². The molecule has 2 N–H and O–H groups in total. The molecule has 0 aromatic heterocycles. The van der Waals surface area contributed by atoms with Crippen LogP contribution >= 0.6 is 0 Å². The van der Waals surface area contributed by atoms with Crippen molar-refractivity contribution in [1.82, 2.24) is 0 Å². The number of hydrogen-bond donors (Lipinski definition) is 2. The minimum atomic E-state index is -0.373. The minimum Gasteiger partial charge on any atom is -0.380 e.